The molecule has 0 unspecified atom stereocenters. The average Bonchev–Trinajstić information content (AvgIpc) is 3.33. The number of anilines is 3. The molecule has 6 rings (SSSR count). The number of nitrogens with one attached hydrogen (secondary N) is 2. The maximum atomic E-state index is 13.5. The summed E-state index contributed by atoms with van der Waals surface area (Å²) >= 11 is 1.24. The van der Waals surface area contributed by atoms with Crippen LogP contribution in [0, 0.1) is 0 Å². The fraction of sp³-hybridized carbons (Fsp3) is 0.179. The molecule has 9 nitrogen and oxygen atoms in total. The third kappa shape index (κ3) is 4.18. The minimum absolute atomic E-state index is 0.144. The van der Waals surface area contributed by atoms with Crippen LogP contribution in [0.3, 0.4) is 0 Å². The number of aromatic nitrogens is 2. The van der Waals surface area contributed by atoms with Crippen LogP contribution < -0.4 is 15.5 Å². The molecule has 1 saturated heterocycles. The van der Waals surface area contributed by atoms with Gasteiger partial charge in [-0.1, -0.05) is 24.8 Å². The van der Waals surface area contributed by atoms with Gasteiger partial charge in [-0.05, 0) is 49.2 Å². The average molecular weight is 525 g/mol. The van der Waals surface area contributed by atoms with Crippen molar-refractivity contribution in [1.29, 1.82) is 0 Å². The first-order valence-corrected chi connectivity index (χ1v) is 13.1. The lowest BCUT2D eigenvalue weighted by Gasteiger charge is -2.32. The number of carbonyl (C=O) groups excluding carboxylic acids is 3. The van der Waals surface area contributed by atoms with Gasteiger partial charge in [0.05, 0.1) is 28.1 Å². The highest BCUT2D eigenvalue weighted by Gasteiger charge is 2.34. The Morgan fingerprint density at radius 2 is 2.03 bits per heavy atom. The van der Waals surface area contributed by atoms with Gasteiger partial charge in [0, 0.05) is 37.1 Å². The SMILES string of the molecule is C=CC(=O)N1CCC[C@@H](NC(=O)c2sc3nccc4c3c2NC(=O)N4c2cccc(-c3ccccn3)c2)C1. The zero-order valence-electron chi connectivity index (χ0n) is 20.4. The van der Waals surface area contributed by atoms with E-state index < -0.39 is 0 Å². The summed E-state index contributed by atoms with van der Waals surface area (Å²) in [4.78, 5) is 52.1. The van der Waals surface area contributed by atoms with Gasteiger partial charge in [0.2, 0.25) is 5.91 Å². The lowest BCUT2D eigenvalue weighted by Crippen LogP contribution is -2.49. The number of likely N-dealkylation sites (tertiary alicyclic amines) is 1. The Balaban J connectivity index is 1.33. The van der Waals surface area contributed by atoms with Crippen LogP contribution in [0.2, 0.25) is 0 Å². The predicted molar refractivity (Wildman–Crippen MR) is 148 cm³/mol. The van der Waals surface area contributed by atoms with Gasteiger partial charge in [0.1, 0.15) is 9.71 Å². The Hall–Kier alpha value is -4.57. The molecular formula is C28H24N6O3S. The number of amides is 4. The number of benzene rings is 1. The van der Waals surface area contributed by atoms with E-state index >= 15 is 0 Å². The van der Waals surface area contributed by atoms with Crippen molar-refractivity contribution >= 4 is 56.5 Å². The van der Waals surface area contributed by atoms with Gasteiger partial charge in [-0.3, -0.25) is 19.5 Å². The normalized spacial score (nSPS) is 16.7. The van der Waals surface area contributed by atoms with Crippen molar-refractivity contribution in [3.63, 3.8) is 0 Å². The van der Waals surface area contributed by atoms with Gasteiger partial charge in [0.25, 0.3) is 5.91 Å². The van der Waals surface area contributed by atoms with Gasteiger partial charge >= 0.3 is 6.03 Å². The van der Waals surface area contributed by atoms with Crippen molar-refractivity contribution in [3.05, 3.63) is 78.5 Å². The minimum Gasteiger partial charge on any atom is -0.347 e. The molecular weight excluding hydrogens is 500 g/mol. The standard InChI is InChI=1S/C28H24N6O3S/c1-2-22(35)33-14-6-8-18(16-33)31-26(36)25-24-23-21(11-13-30-27(23)38-25)34(28(37)32-24)19-9-5-7-17(15-19)20-10-3-4-12-29-20/h2-5,7,9-13,15,18H,1,6,8,14,16H2,(H,31,36)(H,32,37)/t18-/m1/s1. The van der Waals surface area contributed by atoms with E-state index in [0.29, 0.717) is 39.9 Å². The molecule has 0 aliphatic carbocycles. The molecule has 2 N–H and O–H groups in total. The summed E-state index contributed by atoms with van der Waals surface area (Å²) in [7, 11) is 0. The Morgan fingerprint density at radius 3 is 2.84 bits per heavy atom. The Kier molecular flexibility index (Phi) is 6.09. The maximum absolute atomic E-state index is 13.5. The van der Waals surface area contributed by atoms with Crippen LogP contribution in [-0.2, 0) is 4.79 Å². The van der Waals surface area contributed by atoms with E-state index in [9.17, 15) is 14.4 Å². The second-order valence-corrected chi connectivity index (χ2v) is 10.1. The summed E-state index contributed by atoms with van der Waals surface area (Å²) in [6.07, 6.45) is 6.23. The number of piperidine rings is 1. The first kappa shape index (κ1) is 23.8. The number of pyridine rings is 2. The van der Waals surface area contributed by atoms with Gasteiger partial charge in [-0.15, -0.1) is 11.3 Å². The van der Waals surface area contributed by atoms with Crippen molar-refractivity contribution < 1.29 is 14.4 Å². The van der Waals surface area contributed by atoms with E-state index in [1.165, 1.54) is 17.4 Å². The van der Waals surface area contributed by atoms with E-state index in [1.807, 2.05) is 42.5 Å². The van der Waals surface area contributed by atoms with Crippen LogP contribution in [-0.4, -0.2) is 51.8 Å². The molecule has 0 bridgehead atoms. The minimum atomic E-state index is -0.365. The van der Waals surface area contributed by atoms with E-state index in [2.05, 4.69) is 27.2 Å². The lowest BCUT2D eigenvalue weighted by molar-refractivity contribution is -0.127. The zero-order valence-corrected chi connectivity index (χ0v) is 21.2. The molecule has 2 aliphatic heterocycles. The van der Waals surface area contributed by atoms with Crippen LogP contribution in [0.5, 0.6) is 0 Å². The highest BCUT2D eigenvalue weighted by molar-refractivity contribution is 7.21. The summed E-state index contributed by atoms with van der Waals surface area (Å²) in [6.45, 7) is 4.62. The molecule has 1 aromatic carbocycles. The summed E-state index contributed by atoms with van der Waals surface area (Å²) in [5, 5.41) is 6.71. The largest absolute Gasteiger partial charge is 0.347 e. The van der Waals surface area contributed by atoms with E-state index in [-0.39, 0.29) is 23.9 Å². The Labute approximate surface area is 222 Å². The smallest absolute Gasteiger partial charge is 0.331 e. The third-order valence-corrected chi connectivity index (χ3v) is 7.86. The zero-order chi connectivity index (χ0) is 26.2. The summed E-state index contributed by atoms with van der Waals surface area (Å²) < 4.78 is 0. The third-order valence-electron chi connectivity index (χ3n) is 6.76. The highest BCUT2D eigenvalue weighted by Crippen LogP contribution is 2.46. The molecule has 4 aromatic rings. The topological polar surface area (TPSA) is 108 Å². The fourth-order valence-electron chi connectivity index (χ4n) is 5.01. The monoisotopic (exact) mass is 524 g/mol. The highest BCUT2D eigenvalue weighted by atomic mass is 32.1. The van der Waals surface area contributed by atoms with Crippen LogP contribution >= 0.6 is 11.3 Å². The second kappa shape index (κ2) is 9.71. The van der Waals surface area contributed by atoms with Crippen molar-refractivity contribution in [3.8, 4) is 11.3 Å². The van der Waals surface area contributed by atoms with Gasteiger partial charge < -0.3 is 15.5 Å². The summed E-state index contributed by atoms with van der Waals surface area (Å²) in [5.74, 6) is -0.438. The molecule has 5 heterocycles. The van der Waals surface area contributed by atoms with Crippen molar-refractivity contribution in [2.24, 2.45) is 0 Å². The molecule has 0 spiro atoms. The quantitative estimate of drug-likeness (QED) is 0.359. The van der Waals surface area contributed by atoms with E-state index in [4.69, 9.17) is 0 Å². The number of hydrogen-bond donors (Lipinski definition) is 2. The van der Waals surface area contributed by atoms with Crippen molar-refractivity contribution in [2.75, 3.05) is 23.3 Å². The first-order chi connectivity index (χ1) is 18.5. The van der Waals surface area contributed by atoms with Crippen LogP contribution in [0.25, 0.3) is 21.5 Å². The molecule has 190 valence electrons. The van der Waals surface area contributed by atoms with E-state index in [1.54, 1.807) is 28.3 Å². The van der Waals surface area contributed by atoms with Gasteiger partial charge in [-0.2, -0.15) is 0 Å². The lowest BCUT2D eigenvalue weighted by atomic mass is 10.1. The first-order valence-electron chi connectivity index (χ1n) is 12.3. The number of nitrogens with zero attached hydrogens (tertiary/aromatic N) is 4. The molecule has 3 aromatic heterocycles. The van der Waals surface area contributed by atoms with Gasteiger partial charge in [-0.25, -0.2) is 9.78 Å². The van der Waals surface area contributed by atoms with Crippen LogP contribution in [0.1, 0.15) is 22.5 Å². The second-order valence-electron chi connectivity index (χ2n) is 9.15. The molecule has 4 amide bonds. The number of urea groups is 1. The fourth-order valence-corrected chi connectivity index (χ4v) is 6.04. The molecule has 1 atom stereocenters. The molecule has 0 radical (unpaired) electrons. The Bertz CT molecular complexity index is 1580. The van der Waals surface area contributed by atoms with Crippen molar-refractivity contribution in [2.45, 2.75) is 18.9 Å². The molecule has 0 saturated carbocycles. The molecule has 2 aliphatic rings. The van der Waals surface area contributed by atoms with Crippen LogP contribution in [0.4, 0.5) is 21.9 Å². The van der Waals surface area contributed by atoms with Crippen LogP contribution in [0.15, 0.2) is 73.6 Å². The molecule has 1 fully saturated rings. The number of hydrogen-bond acceptors (Lipinski definition) is 6. The van der Waals surface area contributed by atoms with E-state index in [0.717, 1.165) is 29.5 Å². The molecule has 10 heteroatoms. The summed E-state index contributed by atoms with van der Waals surface area (Å²) in [6, 6.07) is 14.5. The van der Waals surface area contributed by atoms with Gasteiger partial charge in [0.15, 0.2) is 0 Å². The predicted octanol–water partition coefficient (Wildman–Crippen LogP) is 4.95. The molecule has 38 heavy (non-hydrogen) atoms. The Morgan fingerprint density at radius 1 is 1.13 bits per heavy atom. The number of thiophene rings is 1. The summed E-state index contributed by atoms with van der Waals surface area (Å²) in [5.41, 5.74) is 3.48. The number of rotatable bonds is 5. The number of carbonyl (C=O) groups is 3. The van der Waals surface area contributed by atoms with Crippen molar-refractivity contribution in [1.82, 2.24) is 20.2 Å². The maximum Gasteiger partial charge on any atom is 0.331 e.